The number of amides is 3. The van der Waals surface area contributed by atoms with Gasteiger partial charge in [0.1, 0.15) is 18.2 Å². The van der Waals surface area contributed by atoms with Gasteiger partial charge in [-0.25, -0.2) is 13.9 Å². The molecule has 1 saturated heterocycles. The zero-order chi connectivity index (χ0) is 21.7. The molecule has 5 rings (SSSR count). The van der Waals surface area contributed by atoms with Gasteiger partial charge in [0.05, 0.1) is 24.0 Å². The Hall–Kier alpha value is -3.23. The maximum Gasteiger partial charge on any atom is 0.331 e. The average molecular weight is 424 g/mol. The molecule has 31 heavy (non-hydrogen) atoms. The third-order valence-corrected chi connectivity index (χ3v) is 6.13. The highest BCUT2D eigenvalue weighted by atomic mass is 19.1. The monoisotopic (exact) mass is 424 g/mol. The highest BCUT2D eigenvalue weighted by molar-refractivity contribution is 6.20. The summed E-state index contributed by atoms with van der Waals surface area (Å²) in [5.74, 6) is 1.51. The van der Waals surface area contributed by atoms with E-state index in [0.717, 1.165) is 6.42 Å². The normalized spacial score (nSPS) is 23.0. The number of hydrogen-bond acceptors (Lipinski definition) is 4. The predicted octanol–water partition coefficient (Wildman–Crippen LogP) is 2.52. The number of fused-ring (bicyclic) bond motifs is 3. The first kappa shape index (κ1) is 19.7. The molecule has 0 unspecified atom stereocenters. The van der Waals surface area contributed by atoms with Gasteiger partial charge in [-0.05, 0) is 42.5 Å². The number of carbonyl (C=O) groups excluding carboxylic acids is 2. The summed E-state index contributed by atoms with van der Waals surface area (Å²) in [7, 11) is 0. The molecule has 0 aliphatic carbocycles. The molecule has 0 radical (unpaired) electrons. The van der Waals surface area contributed by atoms with Gasteiger partial charge in [-0.3, -0.25) is 19.6 Å². The smallest absolute Gasteiger partial charge is 0.331 e. The maximum absolute atomic E-state index is 13.5. The Kier molecular flexibility index (Phi) is 4.75. The van der Waals surface area contributed by atoms with Crippen molar-refractivity contribution in [1.82, 2.24) is 19.6 Å². The molecule has 2 atom stereocenters. The molecule has 3 aliphatic heterocycles. The Balaban J connectivity index is 1.52. The summed E-state index contributed by atoms with van der Waals surface area (Å²) in [6.07, 6.45) is 2.76. The molecule has 3 aliphatic rings. The molecule has 0 spiro atoms. The Labute approximate surface area is 179 Å². The highest BCUT2D eigenvalue weighted by Gasteiger charge is 2.42. The van der Waals surface area contributed by atoms with Crippen LogP contribution >= 0.6 is 0 Å². The third kappa shape index (κ3) is 3.37. The van der Waals surface area contributed by atoms with E-state index in [0.29, 0.717) is 60.9 Å². The summed E-state index contributed by atoms with van der Waals surface area (Å²) in [6.45, 7) is 6.63. The summed E-state index contributed by atoms with van der Waals surface area (Å²) < 4.78 is 15.0. The van der Waals surface area contributed by atoms with Gasteiger partial charge in [0.15, 0.2) is 5.82 Å². The van der Waals surface area contributed by atoms with Crippen LogP contribution in [-0.4, -0.2) is 70.1 Å². The molecule has 1 aromatic carbocycles. The Morgan fingerprint density at radius 3 is 2.58 bits per heavy atom. The third-order valence-electron chi connectivity index (χ3n) is 6.13. The fraction of sp³-hybridized carbons (Fsp3) is 0.455. The van der Waals surface area contributed by atoms with E-state index in [1.807, 2.05) is 4.90 Å². The van der Waals surface area contributed by atoms with E-state index in [-0.39, 0.29) is 24.3 Å². The number of anilines is 1. The SMILES string of the molecule is C[C@@H]1C[C@@H](C)CN(C(=O)CN2C(=O)N3CCN=C3c3cnn(-c4ccc(F)cc4)c32)C1. The first-order chi connectivity index (χ1) is 14.9. The van der Waals surface area contributed by atoms with E-state index in [1.54, 1.807) is 27.9 Å². The van der Waals surface area contributed by atoms with Gasteiger partial charge in [0.2, 0.25) is 5.91 Å². The molecule has 0 N–H and O–H groups in total. The van der Waals surface area contributed by atoms with Gasteiger partial charge in [-0.15, -0.1) is 0 Å². The van der Waals surface area contributed by atoms with Crippen molar-refractivity contribution in [2.45, 2.75) is 20.3 Å². The van der Waals surface area contributed by atoms with Gasteiger partial charge in [-0.2, -0.15) is 5.10 Å². The van der Waals surface area contributed by atoms with Crippen LogP contribution in [0.25, 0.3) is 5.69 Å². The Morgan fingerprint density at radius 1 is 1.16 bits per heavy atom. The van der Waals surface area contributed by atoms with Gasteiger partial charge >= 0.3 is 6.03 Å². The second-order valence-corrected chi connectivity index (χ2v) is 8.74. The van der Waals surface area contributed by atoms with Gasteiger partial charge in [0, 0.05) is 19.6 Å². The van der Waals surface area contributed by atoms with Crippen LogP contribution in [0.5, 0.6) is 0 Å². The lowest BCUT2D eigenvalue weighted by atomic mass is 9.92. The van der Waals surface area contributed by atoms with Gasteiger partial charge in [-0.1, -0.05) is 13.8 Å². The summed E-state index contributed by atoms with van der Waals surface area (Å²) in [6, 6.07) is 5.62. The molecular weight excluding hydrogens is 399 g/mol. The van der Waals surface area contributed by atoms with E-state index < -0.39 is 0 Å². The molecule has 1 fully saturated rings. The highest BCUT2D eigenvalue weighted by Crippen LogP contribution is 2.33. The van der Waals surface area contributed by atoms with E-state index in [9.17, 15) is 14.0 Å². The minimum Gasteiger partial charge on any atom is -0.341 e. The maximum atomic E-state index is 13.5. The number of nitrogens with zero attached hydrogens (tertiary/aromatic N) is 6. The molecule has 3 amide bonds. The lowest BCUT2D eigenvalue weighted by molar-refractivity contribution is -0.132. The van der Waals surface area contributed by atoms with Crippen LogP contribution in [0.15, 0.2) is 35.5 Å². The fourth-order valence-electron chi connectivity index (χ4n) is 4.88. The van der Waals surface area contributed by atoms with Crippen molar-refractivity contribution in [1.29, 1.82) is 0 Å². The van der Waals surface area contributed by atoms with Crippen molar-refractivity contribution in [2.24, 2.45) is 16.8 Å². The van der Waals surface area contributed by atoms with Crippen LogP contribution in [0.1, 0.15) is 25.8 Å². The number of carbonyl (C=O) groups is 2. The Morgan fingerprint density at radius 2 is 1.87 bits per heavy atom. The topological polar surface area (TPSA) is 74.0 Å². The molecule has 162 valence electrons. The largest absolute Gasteiger partial charge is 0.341 e. The average Bonchev–Trinajstić information content (AvgIpc) is 3.38. The number of amidine groups is 1. The number of aliphatic imine (C=N–C) groups is 1. The van der Waals surface area contributed by atoms with E-state index in [4.69, 9.17) is 0 Å². The molecule has 4 heterocycles. The summed E-state index contributed by atoms with van der Waals surface area (Å²) >= 11 is 0. The van der Waals surface area contributed by atoms with Crippen molar-refractivity contribution in [2.75, 3.05) is 37.6 Å². The fourth-order valence-corrected chi connectivity index (χ4v) is 4.88. The zero-order valence-electron chi connectivity index (χ0n) is 17.7. The number of halogens is 1. The number of aromatic nitrogens is 2. The molecule has 8 nitrogen and oxygen atoms in total. The minimum atomic E-state index is -0.354. The number of rotatable bonds is 3. The molecule has 2 aromatic rings. The molecule has 0 saturated carbocycles. The predicted molar refractivity (Wildman–Crippen MR) is 114 cm³/mol. The summed E-state index contributed by atoms with van der Waals surface area (Å²) in [5.41, 5.74) is 1.31. The van der Waals surface area contributed by atoms with Crippen molar-refractivity contribution >= 4 is 23.6 Å². The number of piperidine rings is 1. The first-order valence-corrected chi connectivity index (χ1v) is 10.7. The first-order valence-electron chi connectivity index (χ1n) is 10.7. The zero-order valence-corrected chi connectivity index (χ0v) is 17.7. The van der Waals surface area contributed by atoms with E-state index in [1.165, 1.54) is 17.0 Å². The van der Waals surface area contributed by atoms with Crippen molar-refractivity contribution in [3.05, 3.63) is 41.8 Å². The second kappa shape index (κ2) is 7.47. The minimum absolute atomic E-state index is 0.0675. The van der Waals surface area contributed by atoms with E-state index in [2.05, 4.69) is 23.9 Å². The second-order valence-electron chi connectivity index (χ2n) is 8.74. The van der Waals surface area contributed by atoms with Crippen LogP contribution in [0.4, 0.5) is 15.0 Å². The van der Waals surface area contributed by atoms with Gasteiger partial charge in [0.25, 0.3) is 0 Å². The molecular formula is C22H25FN6O2. The molecule has 0 bridgehead atoms. The summed E-state index contributed by atoms with van der Waals surface area (Å²) in [4.78, 5) is 36.0. The van der Waals surface area contributed by atoms with Crippen LogP contribution in [-0.2, 0) is 4.79 Å². The number of benzene rings is 1. The lowest BCUT2D eigenvalue weighted by Crippen LogP contribution is -2.54. The van der Waals surface area contributed by atoms with Crippen LogP contribution in [0, 0.1) is 17.7 Å². The van der Waals surface area contributed by atoms with Crippen molar-refractivity contribution in [3.8, 4) is 5.69 Å². The van der Waals surface area contributed by atoms with Crippen LogP contribution < -0.4 is 4.90 Å². The number of urea groups is 1. The van der Waals surface area contributed by atoms with Crippen LogP contribution in [0.2, 0.25) is 0 Å². The lowest BCUT2D eigenvalue weighted by Gasteiger charge is -2.38. The number of hydrogen-bond donors (Lipinski definition) is 0. The number of likely N-dealkylation sites (tertiary alicyclic amines) is 1. The van der Waals surface area contributed by atoms with Crippen molar-refractivity contribution in [3.63, 3.8) is 0 Å². The Bertz CT molecular complexity index is 1050. The van der Waals surface area contributed by atoms with Crippen LogP contribution in [0.3, 0.4) is 0 Å². The molecule has 9 heteroatoms. The standard InChI is InChI=1S/C22H25FN6O2/c1-14-9-15(2)12-26(11-14)19(30)13-28-21-18(20-24-7-8-27(20)22(28)31)10-25-29(21)17-5-3-16(23)4-6-17/h3-6,10,14-15H,7-9,11-13H2,1-2H3/t14-,15-/m1/s1. The molecule has 1 aromatic heterocycles. The van der Waals surface area contributed by atoms with Gasteiger partial charge < -0.3 is 4.90 Å². The van der Waals surface area contributed by atoms with E-state index >= 15 is 0 Å². The van der Waals surface area contributed by atoms with Crippen molar-refractivity contribution < 1.29 is 14.0 Å². The quantitative estimate of drug-likeness (QED) is 0.760. The summed E-state index contributed by atoms with van der Waals surface area (Å²) in [5, 5.41) is 4.45.